The first-order chi connectivity index (χ1) is 27.5. The number of hydrogen-bond donors (Lipinski definition) is 1. The molecule has 0 bridgehead atoms. The van der Waals surface area contributed by atoms with Crippen LogP contribution in [-0.4, -0.2) is 140 Å². The molecule has 0 aromatic heterocycles. The monoisotopic (exact) mass is 838 g/mol. The van der Waals surface area contributed by atoms with Crippen LogP contribution in [0, 0.1) is 29.6 Å². The summed E-state index contributed by atoms with van der Waals surface area (Å²) < 4.78 is 58.0. The van der Waals surface area contributed by atoms with Crippen LogP contribution in [0.15, 0.2) is 24.8 Å². The predicted octanol–water partition coefficient (Wildman–Crippen LogP) is 5.42. The van der Waals surface area contributed by atoms with E-state index in [9.17, 15) is 19.5 Å². The number of Topliss-reactive ketones (excluding diaryl/α,β-unsaturated/α-hetero) is 1. The molecule has 3 unspecified atom stereocenters. The van der Waals surface area contributed by atoms with Gasteiger partial charge in [-0.3, -0.25) is 14.4 Å². The van der Waals surface area contributed by atoms with Crippen molar-refractivity contribution in [3.8, 4) is 0 Å². The smallest absolute Gasteiger partial charge is 0.311 e. The predicted molar refractivity (Wildman–Crippen MR) is 220 cm³/mol. The van der Waals surface area contributed by atoms with Crippen molar-refractivity contribution in [3.63, 3.8) is 0 Å². The SMILES string of the molecule is C=CCO[C@]1(C)CC(C)C(=O)C(C)[C@@H]2C(=C)CO[C@]2(C)[C@@H](CC)OC(=O)[C@H](C)[C@@H](O[C@H]2C[C@@](C)(OC)C(OC(C)=O)[C@H](C)O2)[C@H](C)[C@H]1O[C@@H]1O[C@H](C)C[C@H](N(C)C)[C@H]1O. The van der Waals surface area contributed by atoms with Gasteiger partial charge in [0.2, 0.25) is 0 Å². The first-order valence-corrected chi connectivity index (χ1v) is 21.5. The molecule has 14 nitrogen and oxygen atoms in total. The minimum Gasteiger partial charge on any atom is -0.459 e. The Morgan fingerprint density at radius 3 is 2.22 bits per heavy atom. The maximum absolute atomic E-state index is 14.7. The summed E-state index contributed by atoms with van der Waals surface area (Å²) in [5.74, 6) is -4.18. The molecule has 4 aliphatic heterocycles. The summed E-state index contributed by atoms with van der Waals surface area (Å²) in [5.41, 5.74) is -2.52. The van der Waals surface area contributed by atoms with Gasteiger partial charge in [-0.1, -0.05) is 40.3 Å². The number of esters is 2. The van der Waals surface area contributed by atoms with Crippen molar-refractivity contribution in [3.05, 3.63) is 24.8 Å². The Kier molecular flexibility index (Phi) is 16.6. The van der Waals surface area contributed by atoms with Crippen LogP contribution in [0.4, 0.5) is 0 Å². The molecular formula is C45H75NO13. The fraction of sp³-hybridized carbons (Fsp3) is 0.844. The van der Waals surface area contributed by atoms with Crippen molar-refractivity contribution in [2.45, 2.75) is 180 Å². The maximum atomic E-state index is 14.7. The third kappa shape index (κ3) is 10.5. The van der Waals surface area contributed by atoms with Gasteiger partial charge >= 0.3 is 11.9 Å². The molecule has 4 aliphatic rings. The van der Waals surface area contributed by atoms with Crippen LogP contribution in [0.2, 0.25) is 0 Å². The highest BCUT2D eigenvalue weighted by molar-refractivity contribution is 5.84. The average molecular weight is 838 g/mol. The Labute approximate surface area is 352 Å². The number of rotatable bonds is 11. The molecule has 0 aliphatic carbocycles. The highest BCUT2D eigenvalue weighted by Crippen LogP contribution is 2.47. The lowest BCUT2D eigenvalue weighted by Crippen LogP contribution is -2.61. The zero-order valence-corrected chi connectivity index (χ0v) is 38.2. The van der Waals surface area contributed by atoms with E-state index < -0.39 is 108 Å². The zero-order valence-electron chi connectivity index (χ0n) is 38.2. The number of carbonyl (C=O) groups excluding carboxylic acids is 3. The van der Waals surface area contributed by atoms with Crippen LogP contribution in [0.5, 0.6) is 0 Å². The molecule has 4 heterocycles. The second-order valence-electron chi connectivity index (χ2n) is 18.5. The molecule has 1 N–H and O–H groups in total. The Balaban J connectivity index is 1.92. The van der Waals surface area contributed by atoms with Crippen LogP contribution in [0.25, 0.3) is 0 Å². The van der Waals surface area contributed by atoms with Crippen LogP contribution >= 0.6 is 0 Å². The summed E-state index contributed by atoms with van der Waals surface area (Å²) in [4.78, 5) is 43.5. The Bertz CT molecular complexity index is 1490. The second-order valence-corrected chi connectivity index (χ2v) is 18.5. The summed E-state index contributed by atoms with van der Waals surface area (Å²) in [6.07, 6.45) is -4.40. The van der Waals surface area contributed by atoms with Gasteiger partial charge in [-0.05, 0) is 80.5 Å². The third-order valence-electron chi connectivity index (χ3n) is 13.6. The van der Waals surface area contributed by atoms with E-state index in [-0.39, 0.29) is 44.0 Å². The normalized spacial score (nSPS) is 45.4. The molecule has 4 fully saturated rings. The van der Waals surface area contributed by atoms with Gasteiger partial charge in [-0.15, -0.1) is 6.58 Å². The van der Waals surface area contributed by atoms with Gasteiger partial charge < -0.3 is 52.6 Å². The van der Waals surface area contributed by atoms with Crippen molar-refractivity contribution in [1.29, 1.82) is 0 Å². The molecule has 18 atom stereocenters. The second kappa shape index (κ2) is 19.8. The van der Waals surface area contributed by atoms with Crippen molar-refractivity contribution in [2.75, 3.05) is 34.4 Å². The van der Waals surface area contributed by atoms with Gasteiger partial charge in [-0.25, -0.2) is 0 Å². The van der Waals surface area contributed by atoms with Gasteiger partial charge in [0.15, 0.2) is 18.7 Å². The summed E-state index contributed by atoms with van der Waals surface area (Å²) in [6.45, 7) is 28.6. The molecule has 4 saturated heterocycles. The van der Waals surface area contributed by atoms with Gasteiger partial charge in [0.25, 0.3) is 0 Å². The first kappa shape index (κ1) is 49.4. The number of ketones is 1. The molecule has 59 heavy (non-hydrogen) atoms. The van der Waals surface area contributed by atoms with Crippen molar-refractivity contribution in [1.82, 2.24) is 4.90 Å². The van der Waals surface area contributed by atoms with E-state index in [1.54, 1.807) is 27.0 Å². The van der Waals surface area contributed by atoms with E-state index in [0.717, 1.165) is 5.57 Å². The summed E-state index contributed by atoms with van der Waals surface area (Å²) >= 11 is 0. The average Bonchev–Trinajstić information content (AvgIpc) is 3.48. The van der Waals surface area contributed by atoms with Crippen molar-refractivity contribution < 1.29 is 62.1 Å². The molecule has 0 amide bonds. The fourth-order valence-electron chi connectivity index (χ4n) is 10.4. The van der Waals surface area contributed by atoms with Gasteiger partial charge in [0.05, 0.1) is 49.1 Å². The topological polar surface area (TPSA) is 158 Å². The lowest BCUT2D eigenvalue weighted by molar-refractivity contribution is -0.320. The highest BCUT2D eigenvalue weighted by Gasteiger charge is 2.57. The summed E-state index contributed by atoms with van der Waals surface area (Å²) in [5, 5.41) is 11.8. The molecular weight excluding hydrogens is 762 g/mol. The van der Waals surface area contributed by atoms with Gasteiger partial charge in [-0.2, -0.15) is 0 Å². The van der Waals surface area contributed by atoms with Crippen LogP contribution in [-0.2, 0) is 57.0 Å². The number of carbonyl (C=O) groups is 3. The standard InChI is InChI=1S/C45H75NO13/c1-17-19-52-44(12)21-24(3)36(48)27(6)35-25(4)23-53-45(35,13)33(18-2)57-41(50)29(8)38(58-34-22-43(11,51-16)40(30(9)55-34)56-31(10)47)28(7)39(44)59-42-37(49)32(46(14)15)20-26(5)54-42/h17,24,26-30,32-35,37-40,42,49H,1,4,18-23H2,2-3,5-16H3/t24?,26-,27?,28+,29-,30+,32+,33-,34+,35+,37-,38+,39-,40?,42+,43-,44-,45-/m1/s1. The fourth-order valence-corrected chi connectivity index (χ4v) is 10.4. The number of aliphatic hydroxyl groups excluding tert-OH is 1. The van der Waals surface area contributed by atoms with Crippen LogP contribution in [0.3, 0.4) is 0 Å². The van der Waals surface area contributed by atoms with E-state index in [1.807, 2.05) is 74.4 Å². The minimum atomic E-state index is -1.24. The quantitative estimate of drug-likeness (QED) is 0.208. The molecule has 0 spiro atoms. The first-order valence-electron chi connectivity index (χ1n) is 21.5. The Morgan fingerprint density at radius 1 is 0.983 bits per heavy atom. The number of hydrogen-bond acceptors (Lipinski definition) is 14. The van der Waals surface area contributed by atoms with Crippen LogP contribution < -0.4 is 0 Å². The highest BCUT2D eigenvalue weighted by atomic mass is 16.7. The molecule has 0 aromatic rings. The maximum Gasteiger partial charge on any atom is 0.311 e. The number of cyclic esters (lactones) is 1. The number of fused-ring (bicyclic) bond motifs is 1. The third-order valence-corrected chi connectivity index (χ3v) is 13.6. The zero-order chi connectivity index (χ0) is 44.4. The molecule has 0 saturated carbocycles. The van der Waals surface area contributed by atoms with Crippen molar-refractivity contribution in [2.24, 2.45) is 29.6 Å². The summed E-state index contributed by atoms with van der Waals surface area (Å²) in [6, 6.07) is -0.281. The lowest BCUT2D eigenvalue weighted by Gasteiger charge is -2.50. The number of likely N-dealkylation sites (N-methyl/N-ethyl adjacent to an activating group) is 1. The Hall–Kier alpha value is -2.27. The lowest BCUT2D eigenvalue weighted by atomic mass is 9.69. The van der Waals surface area contributed by atoms with E-state index >= 15 is 0 Å². The molecule has 338 valence electrons. The summed E-state index contributed by atoms with van der Waals surface area (Å²) in [7, 11) is 5.35. The Morgan fingerprint density at radius 2 is 1.64 bits per heavy atom. The largest absolute Gasteiger partial charge is 0.459 e. The van der Waals surface area contributed by atoms with E-state index in [1.165, 1.54) is 6.92 Å². The van der Waals surface area contributed by atoms with Crippen molar-refractivity contribution >= 4 is 17.7 Å². The number of nitrogens with zero attached hydrogens (tertiary/aromatic N) is 1. The van der Waals surface area contributed by atoms with Gasteiger partial charge in [0.1, 0.15) is 29.2 Å². The molecule has 14 heteroatoms. The molecule has 0 radical (unpaired) electrons. The minimum absolute atomic E-state index is 0.0202. The van der Waals surface area contributed by atoms with E-state index in [0.29, 0.717) is 12.8 Å². The number of ether oxygens (including phenoxy) is 9. The number of aliphatic hydroxyl groups is 1. The van der Waals surface area contributed by atoms with Gasteiger partial charge in [0, 0.05) is 50.2 Å². The number of methoxy groups -OCH3 is 1. The van der Waals surface area contributed by atoms with E-state index in [2.05, 4.69) is 13.2 Å². The molecule has 0 aromatic carbocycles. The molecule has 4 rings (SSSR count). The van der Waals surface area contributed by atoms with E-state index in [4.69, 9.17) is 42.6 Å². The van der Waals surface area contributed by atoms with Crippen LogP contribution in [0.1, 0.15) is 102 Å².